The maximum Gasteiger partial charge on any atom is 0.327 e. The number of amides is 1. The number of carboxylic acids is 1. The van der Waals surface area contributed by atoms with Crippen molar-refractivity contribution in [2.24, 2.45) is 5.73 Å². The average Bonchev–Trinajstić information content (AvgIpc) is 2.95. The summed E-state index contributed by atoms with van der Waals surface area (Å²) in [6, 6.07) is 6.00. The Labute approximate surface area is 161 Å². The number of fused-ring (bicyclic) bond motifs is 1. The van der Waals surface area contributed by atoms with Crippen LogP contribution in [0.15, 0.2) is 30.5 Å². The van der Waals surface area contributed by atoms with E-state index < -0.39 is 24.0 Å². The zero-order valence-electron chi connectivity index (χ0n) is 15.1. The van der Waals surface area contributed by atoms with E-state index >= 15 is 0 Å². The zero-order valence-corrected chi connectivity index (χ0v) is 16.7. The third-order valence-corrected chi connectivity index (χ3v) is 6.96. The van der Waals surface area contributed by atoms with E-state index in [1.165, 1.54) is 10.8 Å². The number of H-pyrrole nitrogens is 1. The number of nitrogens with two attached hydrogens (primary N) is 1. The van der Waals surface area contributed by atoms with Crippen LogP contribution in [0.3, 0.4) is 0 Å². The first-order chi connectivity index (χ1) is 12.2. The quantitative estimate of drug-likeness (QED) is 0.512. The number of rotatable bonds is 8. The Bertz CT molecular complexity index is 770. The molecule has 0 unspecified atom stereocenters. The van der Waals surface area contributed by atoms with Gasteiger partial charge in [-0.3, -0.25) is 4.79 Å². The van der Waals surface area contributed by atoms with E-state index in [-0.39, 0.29) is 10.5 Å². The molecule has 0 radical (unpaired) electrons. The van der Waals surface area contributed by atoms with Gasteiger partial charge in [0.2, 0.25) is 5.91 Å². The minimum Gasteiger partial charge on any atom is -0.480 e. The molecular formula is C18H25N3O3S2. The van der Waals surface area contributed by atoms with Crippen molar-refractivity contribution in [2.75, 3.05) is 5.75 Å². The number of para-hydroxylation sites is 1. The van der Waals surface area contributed by atoms with Crippen molar-refractivity contribution >= 4 is 44.4 Å². The van der Waals surface area contributed by atoms with Crippen LogP contribution in [0, 0.1) is 0 Å². The average molecular weight is 396 g/mol. The zero-order chi connectivity index (χ0) is 19.3. The first-order valence-electron chi connectivity index (χ1n) is 8.32. The highest BCUT2D eigenvalue weighted by Crippen LogP contribution is 2.35. The summed E-state index contributed by atoms with van der Waals surface area (Å²) in [4.78, 5) is 26.9. The van der Waals surface area contributed by atoms with E-state index in [9.17, 15) is 14.7 Å². The smallest absolute Gasteiger partial charge is 0.327 e. The molecule has 0 saturated heterocycles. The van der Waals surface area contributed by atoms with Gasteiger partial charge in [0.05, 0.1) is 6.04 Å². The number of benzene rings is 1. The van der Waals surface area contributed by atoms with Gasteiger partial charge >= 0.3 is 5.97 Å². The van der Waals surface area contributed by atoms with Crippen molar-refractivity contribution in [3.8, 4) is 0 Å². The van der Waals surface area contributed by atoms with Gasteiger partial charge < -0.3 is 21.1 Å². The number of aliphatic carboxylic acids is 1. The molecule has 1 heterocycles. The van der Waals surface area contributed by atoms with E-state index in [1.54, 1.807) is 10.8 Å². The molecule has 0 aliphatic carbocycles. The molecule has 1 aromatic carbocycles. The molecule has 5 N–H and O–H groups in total. The molecule has 2 aromatic rings. The number of hydrogen-bond donors (Lipinski definition) is 4. The first-order valence-corrected chi connectivity index (χ1v) is 10.6. The molecule has 2 atom stereocenters. The van der Waals surface area contributed by atoms with E-state index in [0.717, 1.165) is 16.5 Å². The summed E-state index contributed by atoms with van der Waals surface area (Å²) < 4.78 is 0.0173. The highest BCUT2D eigenvalue weighted by molar-refractivity contribution is 8.77. The Morgan fingerprint density at radius 3 is 2.65 bits per heavy atom. The largest absolute Gasteiger partial charge is 0.480 e. The Morgan fingerprint density at radius 1 is 1.31 bits per heavy atom. The van der Waals surface area contributed by atoms with Gasteiger partial charge in [0.15, 0.2) is 0 Å². The molecule has 142 valence electrons. The lowest BCUT2D eigenvalue weighted by atomic mass is 10.0. The standard InChI is InChI=1S/C18H25N3O3S2/c1-18(2,3)26-25-10-15(17(23)24)21-16(22)13(19)8-11-9-20-14-7-5-4-6-12(11)14/h4-7,9,13,15,20H,8,10,19H2,1-3H3,(H,21,22)(H,23,24)/t13-,15+/m0/s1. The van der Waals surface area contributed by atoms with Crippen LogP contribution in [0.5, 0.6) is 0 Å². The van der Waals surface area contributed by atoms with Crippen LogP contribution < -0.4 is 11.1 Å². The highest BCUT2D eigenvalue weighted by atomic mass is 33.1. The number of aromatic amines is 1. The summed E-state index contributed by atoms with van der Waals surface area (Å²) in [5.74, 6) is -1.23. The SMILES string of the molecule is CC(C)(C)SSC[C@@H](NC(=O)[C@@H](N)Cc1c[nH]c2ccccc12)C(=O)O. The van der Waals surface area contributed by atoms with E-state index in [1.807, 2.05) is 30.5 Å². The molecule has 26 heavy (non-hydrogen) atoms. The van der Waals surface area contributed by atoms with Gasteiger partial charge in [-0.2, -0.15) is 0 Å². The minimum atomic E-state index is -1.06. The van der Waals surface area contributed by atoms with Crippen molar-refractivity contribution < 1.29 is 14.7 Å². The molecular weight excluding hydrogens is 370 g/mol. The van der Waals surface area contributed by atoms with Gasteiger partial charge in [-0.1, -0.05) is 60.6 Å². The van der Waals surface area contributed by atoms with E-state index in [4.69, 9.17) is 5.73 Å². The minimum absolute atomic E-state index is 0.0173. The number of hydrogen-bond acceptors (Lipinski definition) is 5. The molecule has 0 spiro atoms. The van der Waals surface area contributed by atoms with E-state index in [2.05, 4.69) is 31.1 Å². The fourth-order valence-corrected chi connectivity index (χ4v) is 4.82. The molecule has 2 rings (SSSR count). The van der Waals surface area contributed by atoms with E-state index in [0.29, 0.717) is 6.42 Å². The Balaban J connectivity index is 1.94. The Morgan fingerprint density at radius 2 is 2.00 bits per heavy atom. The second-order valence-corrected chi connectivity index (χ2v) is 10.2. The van der Waals surface area contributed by atoms with Gasteiger partial charge in [-0.15, -0.1) is 0 Å². The lowest BCUT2D eigenvalue weighted by Crippen LogP contribution is -2.50. The lowest BCUT2D eigenvalue weighted by molar-refractivity contribution is -0.141. The second-order valence-electron chi connectivity index (χ2n) is 7.05. The molecule has 0 saturated carbocycles. The summed E-state index contributed by atoms with van der Waals surface area (Å²) in [7, 11) is 3.02. The summed E-state index contributed by atoms with van der Waals surface area (Å²) in [5.41, 5.74) is 7.93. The normalized spacial score (nSPS) is 14.2. The Hall–Kier alpha value is -1.64. The molecule has 1 aromatic heterocycles. The summed E-state index contributed by atoms with van der Waals surface area (Å²) in [6.07, 6.45) is 2.17. The van der Waals surface area contributed by atoms with Gasteiger partial charge in [0.25, 0.3) is 0 Å². The maximum absolute atomic E-state index is 12.4. The molecule has 0 bridgehead atoms. The van der Waals surface area contributed by atoms with Crippen LogP contribution in [-0.4, -0.2) is 44.6 Å². The lowest BCUT2D eigenvalue weighted by Gasteiger charge is -2.20. The summed E-state index contributed by atoms with van der Waals surface area (Å²) in [6.45, 7) is 6.16. The monoisotopic (exact) mass is 395 g/mol. The fourth-order valence-electron chi connectivity index (χ4n) is 2.36. The highest BCUT2D eigenvalue weighted by Gasteiger charge is 2.25. The topological polar surface area (TPSA) is 108 Å². The molecule has 0 fully saturated rings. The summed E-state index contributed by atoms with van der Waals surface area (Å²) >= 11 is 0. The van der Waals surface area contributed by atoms with Crippen LogP contribution >= 0.6 is 21.6 Å². The Kier molecular flexibility index (Phi) is 7.02. The second kappa shape index (κ2) is 8.83. The van der Waals surface area contributed by atoms with Crippen molar-refractivity contribution in [1.29, 1.82) is 0 Å². The maximum atomic E-state index is 12.4. The van der Waals surface area contributed by atoms with Crippen molar-refractivity contribution in [2.45, 2.75) is 44.0 Å². The summed E-state index contributed by atoms with van der Waals surface area (Å²) in [5, 5.41) is 12.9. The van der Waals surface area contributed by atoms with Crippen molar-refractivity contribution in [3.63, 3.8) is 0 Å². The third-order valence-electron chi connectivity index (χ3n) is 3.61. The van der Waals surface area contributed by atoms with Crippen molar-refractivity contribution in [3.05, 3.63) is 36.0 Å². The van der Waals surface area contributed by atoms with Crippen LogP contribution in [-0.2, 0) is 16.0 Å². The number of carbonyl (C=O) groups excluding carboxylic acids is 1. The van der Waals surface area contributed by atoms with Crippen LogP contribution in [0.1, 0.15) is 26.3 Å². The number of carboxylic acid groups (broad SMARTS) is 1. The number of carbonyl (C=O) groups is 2. The predicted molar refractivity (Wildman–Crippen MR) is 109 cm³/mol. The molecule has 8 heteroatoms. The fraction of sp³-hybridized carbons (Fsp3) is 0.444. The number of aromatic nitrogens is 1. The molecule has 1 amide bonds. The van der Waals surface area contributed by atoms with Gasteiger partial charge in [0.1, 0.15) is 6.04 Å². The van der Waals surface area contributed by atoms with Gasteiger partial charge in [-0.05, 0) is 18.1 Å². The van der Waals surface area contributed by atoms with Gasteiger partial charge in [0, 0.05) is 27.6 Å². The predicted octanol–water partition coefficient (Wildman–Crippen LogP) is 2.79. The van der Waals surface area contributed by atoms with Crippen LogP contribution in [0.25, 0.3) is 10.9 Å². The molecule has 0 aliphatic heterocycles. The third kappa shape index (κ3) is 5.96. The van der Waals surface area contributed by atoms with Crippen LogP contribution in [0.4, 0.5) is 0 Å². The first kappa shape index (κ1) is 20.7. The van der Waals surface area contributed by atoms with Crippen LogP contribution in [0.2, 0.25) is 0 Å². The molecule has 0 aliphatic rings. The van der Waals surface area contributed by atoms with Crippen molar-refractivity contribution in [1.82, 2.24) is 10.3 Å². The number of nitrogens with one attached hydrogen (secondary N) is 2. The van der Waals surface area contributed by atoms with Gasteiger partial charge in [-0.25, -0.2) is 4.79 Å². The molecule has 6 nitrogen and oxygen atoms in total.